The molecule has 2 unspecified atom stereocenters. The second-order valence-corrected chi connectivity index (χ2v) is 7.97. The standard InChI is InChI=1S/C22H29ClN4O2/c1-7-18(28)19(15-8-10-24-11-9-15)27(6)17-12-16(13-25-22(17)23)20(26(4)5)21(29)14(2)3/h8-14,19-20H,7H2,1-6H3. The van der Waals surface area contributed by atoms with Crippen molar-refractivity contribution in [2.45, 2.75) is 39.3 Å². The number of hydrogen-bond donors (Lipinski definition) is 0. The number of aromatic nitrogens is 2. The molecule has 0 radical (unpaired) electrons. The number of hydrogen-bond acceptors (Lipinski definition) is 6. The Morgan fingerprint density at radius 2 is 1.69 bits per heavy atom. The van der Waals surface area contributed by atoms with Crippen LogP contribution in [-0.4, -0.2) is 47.6 Å². The molecule has 0 N–H and O–H groups in total. The van der Waals surface area contributed by atoms with Gasteiger partial charge in [0.25, 0.3) is 0 Å². The molecule has 6 nitrogen and oxygen atoms in total. The monoisotopic (exact) mass is 416 g/mol. The Kier molecular flexibility index (Phi) is 7.88. The third kappa shape index (κ3) is 5.19. The highest BCUT2D eigenvalue weighted by Crippen LogP contribution is 2.34. The minimum Gasteiger partial charge on any atom is -0.358 e. The number of ketones is 2. The lowest BCUT2D eigenvalue weighted by Gasteiger charge is -2.31. The van der Waals surface area contributed by atoms with Gasteiger partial charge in [0.2, 0.25) is 0 Å². The van der Waals surface area contributed by atoms with Crippen molar-refractivity contribution in [3.8, 4) is 0 Å². The van der Waals surface area contributed by atoms with Gasteiger partial charge in [0.1, 0.15) is 6.04 Å². The minimum atomic E-state index is -0.517. The van der Waals surface area contributed by atoms with Gasteiger partial charge in [0.15, 0.2) is 16.7 Å². The number of carbonyl (C=O) groups excluding carboxylic acids is 2. The fourth-order valence-electron chi connectivity index (χ4n) is 3.39. The van der Waals surface area contributed by atoms with Crippen molar-refractivity contribution in [2.24, 2.45) is 5.92 Å². The Hall–Kier alpha value is -2.31. The molecule has 29 heavy (non-hydrogen) atoms. The van der Waals surface area contributed by atoms with Gasteiger partial charge in [-0.25, -0.2) is 4.98 Å². The molecular formula is C22H29ClN4O2. The molecular weight excluding hydrogens is 388 g/mol. The van der Waals surface area contributed by atoms with Crippen molar-refractivity contribution in [1.29, 1.82) is 0 Å². The Labute approximate surface area is 177 Å². The molecule has 156 valence electrons. The number of pyridine rings is 2. The number of Topliss-reactive ketones (excluding diaryl/α,β-unsaturated/α-hetero) is 2. The molecule has 2 rings (SSSR count). The van der Waals surface area contributed by atoms with Gasteiger partial charge in [-0.1, -0.05) is 32.4 Å². The molecule has 0 aliphatic rings. The number of carbonyl (C=O) groups is 2. The maximum Gasteiger partial charge on any atom is 0.159 e. The third-order valence-electron chi connectivity index (χ3n) is 4.95. The van der Waals surface area contributed by atoms with Gasteiger partial charge in [0.05, 0.1) is 11.7 Å². The summed E-state index contributed by atoms with van der Waals surface area (Å²) in [6.45, 7) is 5.60. The highest BCUT2D eigenvalue weighted by molar-refractivity contribution is 6.32. The van der Waals surface area contributed by atoms with E-state index in [2.05, 4.69) is 9.97 Å². The minimum absolute atomic E-state index is 0.0580. The van der Waals surface area contributed by atoms with E-state index in [1.807, 2.05) is 69.9 Å². The molecule has 2 aromatic heterocycles. The summed E-state index contributed by atoms with van der Waals surface area (Å²) in [5.74, 6) is 0.0381. The van der Waals surface area contributed by atoms with Crippen LogP contribution in [0.2, 0.25) is 5.15 Å². The molecule has 0 saturated carbocycles. The summed E-state index contributed by atoms with van der Waals surface area (Å²) in [6.07, 6.45) is 5.35. The first-order chi connectivity index (χ1) is 13.7. The Morgan fingerprint density at radius 3 is 2.21 bits per heavy atom. The van der Waals surface area contributed by atoms with E-state index >= 15 is 0 Å². The normalized spacial score (nSPS) is 13.4. The zero-order chi connectivity index (χ0) is 21.7. The maximum absolute atomic E-state index is 12.8. The van der Waals surface area contributed by atoms with E-state index in [-0.39, 0.29) is 22.6 Å². The Morgan fingerprint density at radius 1 is 1.07 bits per heavy atom. The van der Waals surface area contributed by atoms with E-state index in [9.17, 15) is 9.59 Å². The van der Waals surface area contributed by atoms with Crippen molar-refractivity contribution < 1.29 is 9.59 Å². The molecule has 0 bridgehead atoms. The van der Waals surface area contributed by atoms with Crippen molar-refractivity contribution in [1.82, 2.24) is 14.9 Å². The summed E-state index contributed by atoms with van der Waals surface area (Å²) in [6, 6.07) is 4.55. The average Bonchev–Trinajstić information content (AvgIpc) is 2.69. The van der Waals surface area contributed by atoms with Crippen LogP contribution in [0, 0.1) is 5.92 Å². The number of nitrogens with zero attached hydrogens (tertiary/aromatic N) is 4. The van der Waals surface area contributed by atoms with Crippen LogP contribution >= 0.6 is 11.6 Å². The molecule has 0 fully saturated rings. The van der Waals surface area contributed by atoms with Gasteiger partial charge < -0.3 is 4.90 Å². The first kappa shape index (κ1) is 23.0. The zero-order valence-electron chi connectivity index (χ0n) is 17.9. The first-order valence-electron chi connectivity index (χ1n) is 9.70. The van der Waals surface area contributed by atoms with Crippen LogP contribution in [0.3, 0.4) is 0 Å². The largest absolute Gasteiger partial charge is 0.358 e. The van der Waals surface area contributed by atoms with Crippen molar-refractivity contribution in [2.75, 3.05) is 26.0 Å². The van der Waals surface area contributed by atoms with E-state index in [4.69, 9.17) is 11.6 Å². The van der Waals surface area contributed by atoms with E-state index in [1.165, 1.54) is 0 Å². The smallest absolute Gasteiger partial charge is 0.159 e. The topological polar surface area (TPSA) is 66.4 Å². The van der Waals surface area contributed by atoms with Crippen LogP contribution in [0.4, 0.5) is 5.69 Å². The van der Waals surface area contributed by atoms with Crippen molar-refractivity contribution in [3.63, 3.8) is 0 Å². The number of halogens is 1. The fourth-order valence-corrected chi connectivity index (χ4v) is 3.62. The van der Waals surface area contributed by atoms with Crippen molar-refractivity contribution in [3.05, 3.63) is 53.1 Å². The van der Waals surface area contributed by atoms with E-state index in [0.717, 1.165) is 11.1 Å². The molecule has 0 saturated heterocycles. The number of likely N-dealkylation sites (N-methyl/N-ethyl adjacent to an activating group) is 2. The van der Waals surface area contributed by atoms with Crippen LogP contribution in [0.15, 0.2) is 36.8 Å². The molecule has 0 aliphatic heterocycles. The summed E-state index contributed by atoms with van der Waals surface area (Å²) in [4.78, 5) is 37.6. The van der Waals surface area contributed by atoms with Crippen LogP contribution in [0.1, 0.15) is 50.4 Å². The number of rotatable bonds is 9. The van der Waals surface area contributed by atoms with Crippen molar-refractivity contribution >= 4 is 28.9 Å². The van der Waals surface area contributed by atoms with Crippen LogP contribution < -0.4 is 4.90 Å². The van der Waals surface area contributed by atoms with Crippen LogP contribution in [0.5, 0.6) is 0 Å². The summed E-state index contributed by atoms with van der Waals surface area (Å²) in [7, 11) is 5.55. The lowest BCUT2D eigenvalue weighted by Crippen LogP contribution is -2.33. The highest BCUT2D eigenvalue weighted by Gasteiger charge is 2.29. The molecule has 0 spiro atoms. The van der Waals surface area contributed by atoms with Gasteiger partial charge in [-0.05, 0) is 43.4 Å². The lowest BCUT2D eigenvalue weighted by molar-refractivity contribution is -0.126. The Balaban J connectivity index is 2.53. The quantitative estimate of drug-likeness (QED) is 0.573. The lowest BCUT2D eigenvalue weighted by atomic mass is 9.95. The summed E-state index contributed by atoms with van der Waals surface area (Å²) in [5, 5.41) is 0.286. The second-order valence-electron chi connectivity index (χ2n) is 7.62. The van der Waals surface area contributed by atoms with Gasteiger partial charge in [0, 0.05) is 38.0 Å². The molecule has 0 aromatic carbocycles. The molecule has 2 heterocycles. The molecule has 2 atom stereocenters. The third-order valence-corrected chi connectivity index (χ3v) is 5.25. The molecule has 0 aliphatic carbocycles. The van der Waals surface area contributed by atoms with Crippen LogP contribution in [0.25, 0.3) is 0 Å². The second kappa shape index (κ2) is 9.94. The van der Waals surface area contributed by atoms with Gasteiger partial charge in [-0.3, -0.25) is 19.5 Å². The van der Waals surface area contributed by atoms with Gasteiger partial charge >= 0.3 is 0 Å². The highest BCUT2D eigenvalue weighted by atomic mass is 35.5. The average molecular weight is 417 g/mol. The summed E-state index contributed by atoms with van der Waals surface area (Å²) >= 11 is 6.42. The van der Waals surface area contributed by atoms with Gasteiger partial charge in [-0.15, -0.1) is 0 Å². The maximum atomic E-state index is 12.8. The van der Waals surface area contributed by atoms with E-state index in [0.29, 0.717) is 12.1 Å². The molecule has 7 heteroatoms. The predicted octanol–water partition coefficient (Wildman–Crippen LogP) is 4.11. The molecule has 0 amide bonds. The number of anilines is 1. The first-order valence-corrected chi connectivity index (χ1v) is 10.1. The fraction of sp³-hybridized carbons (Fsp3) is 0.455. The van der Waals surface area contributed by atoms with Crippen LogP contribution in [-0.2, 0) is 9.59 Å². The SMILES string of the molecule is CCC(=O)C(c1ccncc1)N(C)c1cc(C(C(=O)C(C)C)N(C)C)cnc1Cl. The molecule has 2 aromatic rings. The van der Waals surface area contributed by atoms with Gasteiger partial charge in [-0.2, -0.15) is 0 Å². The van der Waals surface area contributed by atoms with E-state index in [1.54, 1.807) is 18.6 Å². The Bertz CT molecular complexity index is 855. The zero-order valence-corrected chi connectivity index (χ0v) is 18.6. The summed E-state index contributed by atoms with van der Waals surface area (Å²) < 4.78 is 0. The predicted molar refractivity (Wildman–Crippen MR) is 116 cm³/mol. The summed E-state index contributed by atoms with van der Waals surface area (Å²) in [5.41, 5.74) is 2.19. The van der Waals surface area contributed by atoms with E-state index < -0.39 is 12.1 Å².